The molecule has 8 nitrogen and oxygen atoms in total. The monoisotopic (exact) mass is 460 g/mol. The predicted molar refractivity (Wildman–Crippen MR) is 124 cm³/mol. The van der Waals surface area contributed by atoms with Gasteiger partial charge in [0.2, 0.25) is 11.0 Å². The van der Waals surface area contributed by atoms with Crippen molar-refractivity contribution >= 4 is 45.5 Å². The number of anilines is 3. The van der Waals surface area contributed by atoms with E-state index in [-0.39, 0.29) is 11.7 Å². The van der Waals surface area contributed by atoms with Crippen molar-refractivity contribution in [2.45, 2.75) is 18.2 Å². The molecule has 10 heteroatoms. The number of nitrogens with one attached hydrogen (secondary N) is 2. The summed E-state index contributed by atoms with van der Waals surface area (Å²) in [6, 6.07) is 12.9. The van der Waals surface area contributed by atoms with E-state index in [4.69, 9.17) is 14.2 Å². The minimum Gasteiger partial charge on any atom is -0.497 e. The van der Waals surface area contributed by atoms with Gasteiger partial charge in [-0.2, -0.15) is 0 Å². The van der Waals surface area contributed by atoms with Gasteiger partial charge in [-0.3, -0.25) is 4.79 Å². The lowest BCUT2D eigenvalue weighted by atomic mass is 10.2. The van der Waals surface area contributed by atoms with E-state index in [1.54, 1.807) is 25.3 Å². The van der Waals surface area contributed by atoms with Gasteiger partial charge >= 0.3 is 0 Å². The van der Waals surface area contributed by atoms with Crippen molar-refractivity contribution in [2.24, 2.45) is 0 Å². The molecule has 3 rings (SSSR count). The van der Waals surface area contributed by atoms with Crippen LogP contribution < -0.4 is 24.8 Å². The lowest BCUT2D eigenvalue weighted by Gasteiger charge is -2.12. The van der Waals surface area contributed by atoms with Crippen LogP contribution in [0.3, 0.4) is 0 Å². The second-order valence-corrected chi connectivity index (χ2v) is 8.29. The predicted octanol–water partition coefficient (Wildman–Crippen LogP) is 4.82. The third-order valence-electron chi connectivity index (χ3n) is 3.88. The van der Waals surface area contributed by atoms with Crippen LogP contribution in [0.1, 0.15) is 13.8 Å². The van der Waals surface area contributed by atoms with Crippen molar-refractivity contribution in [3.63, 3.8) is 0 Å². The Kier molecular flexibility index (Phi) is 8.36. The van der Waals surface area contributed by atoms with Crippen LogP contribution >= 0.6 is 23.1 Å². The fraction of sp³-hybridized carbons (Fsp3) is 0.286. The van der Waals surface area contributed by atoms with Gasteiger partial charge in [-0.1, -0.05) is 29.2 Å². The van der Waals surface area contributed by atoms with Gasteiger partial charge in [0, 0.05) is 23.5 Å². The summed E-state index contributed by atoms with van der Waals surface area (Å²) < 4.78 is 17.0. The van der Waals surface area contributed by atoms with Gasteiger partial charge in [-0.25, -0.2) is 0 Å². The highest BCUT2D eigenvalue weighted by Crippen LogP contribution is 2.31. The minimum absolute atomic E-state index is 0.144. The van der Waals surface area contributed by atoms with Crippen molar-refractivity contribution in [3.05, 3.63) is 42.5 Å². The molecule has 0 spiro atoms. The summed E-state index contributed by atoms with van der Waals surface area (Å²) in [7, 11) is 1.62. The SMILES string of the molecule is CCOc1ccc(NC(=O)CSc2nnc(Nc3cccc(OC)c3)s2)cc1OCC. The second kappa shape index (κ2) is 11.4. The quantitative estimate of drug-likeness (QED) is 0.393. The largest absolute Gasteiger partial charge is 0.497 e. The van der Waals surface area contributed by atoms with Gasteiger partial charge in [-0.15, -0.1) is 10.2 Å². The fourth-order valence-corrected chi connectivity index (χ4v) is 4.17. The van der Waals surface area contributed by atoms with Crippen LogP contribution in [0.15, 0.2) is 46.8 Å². The third kappa shape index (κ3) is 6.76. The van der Waals surface area contributed by atoms with Gasteiger partial charge in [0.05, 0.1) is 26.1 Å². The van der Waals surface area contributed by atoms with E-state index in [1.807, 2.05) is 38.1 Å². The molecule has 1 aromatic heterocycles. The Balaban J connectivity index is 1.53. The topological polar surface area (TPSA) is 94.6 Å². The molecular formula is C21H24N4O4S2. The molecule has 0 saturated heterocycles. The summed E-state index contributed by atoms with van der Waals surface area (Å²) >= 11 is 2.70. The minimum atomic E-state index is -0.144. The molecule has 0 bridgehead atoms. The number of methoxy groups -OCH3 is 1. The van der Waals surface area contributed by atoms with Crippen molar-refractivity contribution < 1.29 is 19.0 Å². The number of aromatic nitrogens is 2. The first-order valence-corrected chi connectivity index (χ1v) is 11.5. The number of rotatable bonds is 11. The number of ether oxygens (including phenoxy) is 3. The molecule has 0 radical (unpaired) electrons. The van der Waals surface area contributed by atoms with Crippen LogP contribution in [-0.2, 0) is 4.79 Å². The average Bonchev–Trinajstić information content (AvgIpc) is 3.22. The van der Waals surface area contributed by atoms with Gasteiger partial charge in [0.1, 0.15) is 5.75 Å². The zero-order chi connectivity index (χ0) is 22.1. The molecule has 1 heterocycles. The van der Waals surface area contributed by atoms with Gasteiger partial charge in [0.15, 0.2) is 15.8 Å². The standard InChI is InChI=1S/C21H24N4O4S2/c1-4-28-17-10-9-15(12-18(17)29-5-2)22-19(26)13-30-21-25-24-20(31-21)23-14-7-6-8-16(11-14)27-3/h6-12H,4-5,13H2,1-3H3,(H,22,26)(H,23,24). The number of carbonyl (C=O) groups is 1. The maximum Gasteiger partial charge on any atom is 0.234 e. The highest BCUT2D eigenvalue weighted by molar-refractivity contribution is 8.01. The Morgan fingerprint density at radius 3 is 2.61 bits per heavy atom. The Morgan fingerprint density at radius 2 is 1.84 bits per heavy atom. The van der Waals surface area contributed by atoms with Crippen LogP contribution in [0, 0.1) is 0 Å². The number of thioether (sulfide) groups is 1. The molecular weight excluding hydrogens is 436 g/mol. The van der Waals surface area contributed by atoms with Crippen LogP contribution in [0.25, 0.3) is 0 Å². The number of nitrogens with zero attached hydrogens (tertiary/aromatic N) is 2. The fourth-order valence-electron chi connectivity index (χ4n) is 2.60. The number of hydrogen-bond donors (Lipinski definition) is 2. The summed E-state index contributed by atoms with van der Waals surface area (Å²) in [4.78, 5) is 12.4. The molecule has 0 fully saturated rings. The summed E-state index contributed by atoms with van der Waals surface area (Å²) in [5.74, 6) is 2.08. The second-order valence-electron chi connectivity index (χ2n) is 6.09. The van der Waals surface area contributed by atoms with E-state index >= 15 is 0 Å². The first-order valence-electron chi connectivity index (χ1n) is 9.68. The molecule has 1 amide bonds. The van der Waals surface area contributed by atoms with E-state index in [1.165, 1.54) is 23.1 Å². The molecule has 164 valence electrons. The van der Waals surface area contributed by atoms with Crippen LogP contribution in [-0.4, -0.2) is 42.2 Å². The first kappa shape index (κ1) is 22.7. The number of hydrogen-bond acceptors (Lipinski definition) is 9. The molecule has 31 heavy (non-hydrogen) atoms. The highest BCUT2D eigenvalue weighted by atomic mass is 32.2. The molecule has 0 saturated carbocycles. The van der Waals surface area contributed by atoms with E-state index in [0.29, 0.717) is 39.9 Å². The van der Waals surface area contributed by atoms with Crippen LogP contribution in [0.2, 0.25) is 0 Å². The molecule has 0 aliphatic heterocycles. The maximum atomic E-state index is 12.4. The average molecular weight is 461 g/mol. The molecule has 3 aromatic rings. The van der Waals surface area contributed by atoms with E-state index in [9.17, 15) is 4.79 Å². The molecule has 0 aliphatic rings. The maximum absolute atomic E-state index is 12.4. The van der Waals surface area contributed by atoms with Crippen LogP contribution in [0.5, 0.6) is 17.2 Å². The number of amides is 1. The van der Waals surface area contributed by atoms with Crippen molar-refractivity contribution in [1.82, 2.24) is 10.2 Å². The molecule has 0 aliphatic carbocycles. The zero-order valence-corrected chi connectivity index (χ0v) is 19.1. The highest BCUT2D eigenvalue weighted by Gasteiger charge is 2.11. The molecule has 0 atom stereocenters. The van der Waals surface area contributed by atoms with Gasteiger partial charge < -0.3 is 24.8 Å². The Bertz CT molecular complexity index is 1010. The molecule has 0 unspecified atom stereocenters. The third-order valence-corrected chi connectivity index (χ3v) is 5.85. The van der Waals surface area contributed by atoms with Crippen molar-refractivity contribution in [1.29, 1.82) is 0 Å². The smallest absolute Gasteiger partial charge is 0.234 e. The molecule has 2 N–H and O–H groups in total. The first-order chi connectivity index (χ1) is 15.1. The summed E-state index contributed by atoms with van der Waals surface area (Å²) in [5.41, 5.74) is 1.50. The number of carbonyl (C=O) groups excluding carboxylic acids is 1. The Hall–Kier alpha value is -2.98. The lowest BCUT2D eigenvalue weighted by Crippen LogP contribution is -2.14. The summed E-state index contributed by atoms with van der Waals surface area (Å²) in [6.07, 6.45) is 0. The molecule has 2 aromatic carbocycles. The zero-order valence-electron chi connectivity index (χ0n) is 17.5. The Morgan fingerprint density at radius 1 is 1.03 bits per heavy atom. The van der Waals surface area contributed by atoms with Gasteiger partial charge in [0.25, 0.3) is 0 Å². The van der Waals surface area contributed by atoms with E-state index in [0.717, 1.165) is 11.4 Å². The van der Waals surface area contributed by atoms with Gasteiger partial charge in [-0.05, 0) is 38.1 Å². The number of benzene rings is 2. The normalized spacial score (nSPS) is 10.4. The van der Waals surface area contributed by atoms with E-state index < -0.39 is 0 Å². The van der Waals surface area contributed by atoms with E-state index in [2.05, 4.69) is 20.8 Å². The van der Waals surface area contributed by atoms with Crippen LogP contribution in [0.4, 0.5) is 16.5 Å². The van der Waals surface area contributed by atoms with Crippen molar-refractivity contribution in [3.8, 4) is 17.2 Å². The lowest BCUT2D eigenvalue weighted by molar-refractivity contribution is -0.113. The summed E-state index contributed by atoms with van der Waals surface area (Å²) in [6.45, 7) is 4.86. The Labute approximate surface area is 189 Å². The summed E-state index contributed by atoms with van der Waals surface area (Å²) in [5, 5.41) is 14.9. The van der Waals surface area contributed by atoms with Crippen molar-refractivity contribution in [2.75, 3.05) is 36.7 Å².